The van der Waals surface area contributed by atoms with Gasteiger partial charge < -0.3 is 15.2 Å². The first-order valence-electron chi connectivity index (χ1n) is 6.95. The highest BCUT2D eigenvalue weighted by molar-refractivity contribution is 5.15. The van der Waals surface area contributed by atoms with Crippen molar-refractivity contribution in [2.75, 3.05) is 13.2 Å². The van der Waals surface area contributed by atoms with Crippen LogP contribution in [0.15, 0.2) is 30.3 Å². The van der Waals surface area contributed by atoms with Crippen LogP contribution < -0.4 is 5.32 Å². The zero-order chi connectivity index (χ0) is 14.3. The van der Waals surface area contributed by atoms with Crippen molar-refractivity contribution in [1.82, 2.24) is 5.32 Å². The molecule has 2 atom stereocenters. The van der Waals surface area contributed by atoms with Crippen molar-refractivity contribution in [2.45, 2.75) is 51.9 Å². The minimum Gasteiger partial charge on any atom is -0.389 e. The third kappa shape index (κ3) is 7.98. The number of hydrogen-bond acceptors (Lipinski definition) is 3. The van der Waals surface area contributed by atoms with E-state index in [4.69, 9.17) is 4.74 Å². The Morgan fingerprint density at radius 3 is 2.42 bits per heavy atom. The van der Waals surface area contributed by atoms with Crippen molar-refractivity contribution >= 4 is 0 Å². The fraction of sp³-hybridized carbons (Fsp3) is 0.625. The lowest BCUT2D eigenvalue weighted by Crippen LogP contribution is -2.42. The van der Waals surface area contributed by atoms with Crippen LogP contribution in [0.2, 0.25) is 0 Å². The SMILES string of the molecule is CC(Cc1ccccc1)OCC(O)CNC(C)(C)C. The molecule has 2 unspecified atom stereocenters. The monoisotopic (exact) mass is 265 g/mol. The molecule has 0 saturated carbocycles. The van der Waals surface area contributed by atoms with E-state index in [-0.39, 0.29) is 11.6 Å². The average molecular weight is 265 g/mol. The summed E-state index contributed by atoms with van der Waals surface area (Å²) < 4.78 is 5.68. The molecule has 1 aromatic carbocycles. The number of β-amino-alcohol motifs (C(OH)–C–C–N with tert-alkyl or cyclic N) is 1. The first-order valence-corrected chi connectivity index (χ1v) is 6.95. The lowest BCUT2D eigenvalue weighted by molar-refractivity contribution is -0.00250. The lowest BCUT2D eigenvalue weighted by Gasteiger charge is -2.23. The second-order valence-corrected chi connectivity index (χ2v) is 6.12. The summed E-state index contributed by atoms with van der Waals surface area (Å²) in [4.78, 5) is 0. The van der Waals surface area contributed by atoms with E-state index < -0.39 is 6.10 Å². The average Bonchev–Trinajstić information content (AvgIpc) is 2.34. The van der Waals surface area contributed by atoms with Gasteiger partial charge in [-0.25, -0.2) is 0 Å². The number of rotatable bonds is 7. The van der Waals surface area contributed by atoms with Gasteiger partial charge in [0.2, 0.25) is 0 Å². The number of aliphatic hydroxyl groups is 1. The molecular weight excluding hydrogens is 238 g/mol. The second-order valence-electron chi connectivity index (χ2n) is 6.12. The Balaban J connectivity index is 2.21. The molecule has 0 aliphatic rings. The Kier molecular flexibility index (Phi) is 6.49. The molecule has 0 spiro atoms. The topological polar surface area (TPSA) is 41.5 Å². The van der Waals surface area contributed by atoms with Crippen molar-refractivity contribution in [3.05, 3.63) is 35.9 Å². The molecule has 0 saturated heterocycles. The van der Waals surface area contributed by atoms with E-state index in [1.807, 2.05) is 25.1 Å². The van der Waals surface area contributed by atoms with Gasteiger partial charge in [-0.3, -0.25) is 0 Å². The maximum Gasteiger partial charge on any atom is 0.0898 e. The third-order valence-corrected chi connectivity index (χ3v) is 2.81. The van der Waals surface area contributed by atoms with Crippen LogP contribution in [-0.2, 0) is 11.2 Å². The van der Waals surface area contributed by atoms with Crippen LogP contribution in [0.3, 0.4) is 0 Å². The molecule has 1 rings (SSSR count). The smallest absolute Gasteiger partial charge is 0.0898 e. The number of nitrogens with one attached hydrogen (secondary N) is 1. The highest BCUT2D eigenvalue weighted by Gasteiger charge is 2.13. The van der Waals surface area contributed by atoms with Crippen LogP contribution in [-0.4, -0.2) is 36.0 Å². The number of hydrogen-bond donors (Lipinski definition) is 2. The molecule has 0 radical (unpaired) electrons. The summed E-state index contributed by atoms with van der Waals surface area (Å²) in [5.74, 6) is 0. The summed E-state index contributed by atoms with van der Waals surface area (Å²) in [6.45, 7) is 9.21. The Morgan fingerprint density at radius 2 is 1.84 bits per heavy atom. The lowest BCUT2D eigenvalue weighted by atomic mass is 10.1. The Hall–Kier alpha value is -0.900. The van der Waals surface area contributed by atoms with Gasteiger partial charge in [-0.15, -0.1) is 0 Å². The van der Waals surface area contributed by atoms with Crippen molar-refractivity contribution < 1.29 is 9.84 Å². The fourth-order valence-electron chi connectivity index (χ4n) is 1.76. The summed E-state index contributed by atoms with van der Waals surface area (Å²) in [5.41, 5.74) is 1.29. The molecule has 0 aromatic heterocycles. The molecule has 0 aliphatic heterocycles. The molecule has 3 nitrogen and oxygen atoms in total. The van der Waals surface area contributed by atoms with Crippen LogP contribution in [0, 0.1) is 0 Å². The highest BCUT2D eigenvalue weighted by Crippen LogP contribution is 2.06. The minimum absolute atomic E-state index is 0.0244. The Bertz CT molecular complexity index is 346. The largest absolute Gasteiger partial charge is 0.389 e. The first-order chi connectivity index (χ1) is 8.87. The van der Waals surface area contributed by atoms with E-state index >= 15 is 0 Å². The number of aliphatic hydroxyl groups excluding tert-OH is 1. The van der Waals surface area contributed by atoms with Gasteiger partial charge >= 0.3 is 0 Å². The van der Waals surface area contributed by atoms with Crippen LogP contribution in [0.25, 0.3) is 0 Å². The van der Waals surface area contributed by atoms with Gasteiger partial charge in [-0.2, -0.15) is 0 Å². The highest BCUT2D eigenvalue weighted by atomic mass is 16.5. The predicted molar refractivity (Wildman–Crippen MR) is 79.3 cm³/mol. The molecule has 108 valence electrons. The van der Waals surface area contributed by atoms with E-state index in [2.05, 4.69) is 38.2 Å². The maximum atomic E-state index is 9.84. The van der Waals surface area contributed by atoms with Gasteiger partial charge in [0.15, 0.2) is 0 Å². The third-order valence-electron chi connectivity index (χ3n) is 2.81. The number of benzene rings is 1. The van der Waals surface area contributed by atoms with Gasteiger partial charge in [0, 0.05) is 12.1 Å². The summed E-state index contributed by atoms with van der Waals surface area (Å²) in [7, 11) is 0. The van der Waals surface area contributed by atoms with Gasteiger partial charge in [-0.05, 0) is 39.7 Å². The van der Waals surface area contributed by atoms with E-state index in [0.717, 1.165) is 6.42 Å². The van der Waals surface area contributed by atoms with Crippen LogP contribution in [0.5, 0.6) is 0 Å². The predicted octanol–water partition coefficient (Wildman–Crippen LogP) is 2.38. The minimum atomic E-state index is -0.461. The molecule has 0 fully saturated rings. The van der Waals surface area contributed by atoms with Gasteiger partial charge in [0.05, 0.1) is 18.8 Å². The Labute approximate surface area is 117 Å². The zero-order valence-electron chi connectivity index (χ0n) is 12.5. The van der Waals surface area contributed by atoms with E-state index in [0.29, 0.717) is 13.2 Å². The van der Waals surface area contributed by atoms with Crippen LogP contribution in [0.1, 0.15) is 33.3 Å². The Morgan fingerprint density at radius 1 is 1.21 bits per heavy atom. The maximum absolute atomic E-state index is 9.84. The first kappa shape index (κ1) is 16.2. The summed E-state index contributed by atoms with van der Waals surface area (Å²) in [6, 6.07) is 10.3. The number of ether oxygens (including phenoxy) is 1. The van der Waals surface area contributed by atoms with E-state index in [9.17, 15) is 5.11 Å². The molecule has 2 N–H and O–H groups in total. The van der Waals surface area contributed by atoms with Gasteiger partial charge in [0.1, 0.15) is 0 Å². The summed E-state index contributed by atoms with van der Waals surface area (Å²) in [5, 5.41) is 13.1. The second kappa shape index (κ2) is 7.63. The van der Waals surface area contributed by atoms with E-state index in [1.165, 1.54) is 5.56 Å². The van der Waals surface area contributed by atoms with Gasteiger partial charge in [0.25, 0.3) is 0 Å². The van der Waals surface area contributed by atoms with E-state index in [1.54, 1.807) is 0 Å². The van der Waals surface area contributed by atoms with Crippen molar-refractivity contribution in [1.29, 1.82) is 0 Å². The quantitative estimate of drug-likeness (QED) is 0.795. The van der Waals surface area contributed by atoms with Crippen LogP contribution >= 0.6 is 0 Å². The molecular formula is C16H27NO2. The molecule has 0 heterocycles. The zero-order valence-corrected chi connectivity index (χ0v) is 12.5. The molecule has 0 amide bonds. The van der Waals surface area contributed by atoms with Crippen molar-refractivity contribution in [3.8, 4) is 0 Å². The standard InChI is InChI=1S/C16H27NO2/c1-13(10-14-8-6-5-7-9-14)19-12-15(18)11-17-16(2,3)4/h5-9,13,15,17-18H,10-12H2,1-4H3. The van der Waals surface area contributed by atoms with Crippen LogP contribution in [0.4, 0.5) is 0 Å². The fourth-order valence-corrected chi connectivity index (χ4v) is 1.76. The van der Waals surface area contributed by atoms with Crippen molar-refractivity contribution in [3.63, 3.8) is 0 Å². The van der Waals surface area contributed by atoms with Gasteiger partial charge in [-0.1, -0.05) is 30.3 Å². The molecule has 0 bridgehead atoms. The molecule has 0 aliphatic carbocycles. The molecule has 3 heteroatoms. The molecule has 1 aromatic rings. The molecule has 19 heavy (non-hydrogen) atoms. The summed E-state index contributed by atoms with van der Waals surface area (Å²) in [6.07, 6.45) is 0.532. The summed E-state index contributed by atoms with van der Waals surface area (Å²) >= 11 is 0. The normalized spacial score (nSPS) is 15.2. The van der Waals surface area contributed by atoms with Crippen molar-refractivity contribution in [2.24, 2.45) is 0 Å².